The molecule has 6 nitrogen and oxygen atoms in total. The number of aliphatic hydroxyl groups excluding tert-OH is 1. The molecule has 0 spiro atoms. The number of carboxylic acid groups (broad SMARTS) is 1. The van der Waals surface area contributed by atoms with Crippen LogP contribution in [0.4, 0.5) is 4.79 Å². The zero-order valence-electron chi connectivity index (χ0n) is 7.69. The number of carbonyl (C=O) groups excluding carboxylic acids is 1. The SMILES string of the molecule is O=C(NCCC(O)C(=O)O)NC1CC1. The molecule has 80 valence electrons. The fourth-order valence-electron chi connectivity index (χ4n) is 0.910. The molecule has 1 unspecified atom stereocenters. The largest absolute Gasteiger partial charge is 0.479 e. The molecule has 0 aromatic heterocycles. The lowest BCUT2D eigenvalue weighted by Crippen LogP contribution is -2.38. The number of aliphatic hydroxyl groups is 1. The van der Waals surface area contributed by atoms with Gasteiger partial charge in [0.2, 0.25) is 0 Å². The van der Waals surface area contributed by atoms with Gasteiger partial charge in [-0.1, -0.05) is 0 Å². The van der Waals surface area contributed by atoms with Crippen molar-refractivity contribution < 1.29 is 19.8 Å². The first-order valence-electron chi connectivity index (χ1n) is 4.55. The molecule has 1 aliphatic carbocycles. The third-order valence-corrected chi connectivity index (χ3v) is 1.90. The van der Waals surface area contributed by atoms with Gasteiger partial charge in [0.25, 0.3) is 0 Å². The molecule has 0 aromatic rings. The van der Waals surface area contributed by atoms with E-state index in [9.17, 15) is 9.59 Å². The number of amides is 2. The maximum absolute atomic E-state index is 11.0. The number of rotatable bonds is 5. The fraction of sp³-hybridized carbons (Fsp3) is 0.750. The summed E-state index contributed by atoms with van der Waals surface area (Å²) in [6.07, 6.45) is 0.625. The van der Waals surface area contributed by atoms with Gasteiger partial charge in [-0.05, 0) is 12.8 Å². The number of urea groups is 1. The minimum Gasteiger partial charge on any atom is -0.479 e. The van der Waals surface area contributed by atoms with Crippen LogP contribution in [0.1, 0.15) is 19.3 Å². The van der Waals surface area contributed by atoms with Crippen molar-refractivity contribution in [3.63, 3.8) is 0 Å². The standard InChI is InChI=1S/C8H14N2O4/c11-6(7(12)13)3-4-9-8(14)10-5-1-2-5/h5-6,11H,1-4H2,(H,12,13)(H2,9,10,14). The van der Waals surface area contributed by atoms with Crippen molar-refractivity contribution in [2.75, 3.05) is 6.54 Å². The number of nitrogens with one attached hydrogen (secondary N) is 2. The van der Waals surface area contributed by atoms with E-state index in [2.05, 4.69) is 10.6 Å². The molecule has 6 heteroatoms. The van der Waals surface area contributed by atoms with Crippen LogP contribution >= 0.6 is 0 Å². The van der Waals surface area contributed by atoms with E-state index >= 15 is 0 Å². The van der Waals surface area contributed by atoms with Gasteiger partial charge in [0, 0.05) is 19.0 Å². The summed E-state index contributed by atoms with van der Waals surface area (Å²) in [7, 11) is 0. The molecule has 4 N–H and O–H groups in total. The Labute approximate surface area is 81.3 Å². The summed E-state index contributed by atoms with van der Waals surface area (Å²) in [5.74, 6) is -1.27. The van der Waals surface area contributed by atoms with Gasteiger partial charge in [0.1, 0.15) is 0 Å². The van der Waals surface area contributed by atoms with Gasteiger partial charge in [-0.25, -0.2) is 9.59 Å². The summed E-state index contributed by atoms with van der Waals surface area (Å²) in [6.45, 7) is 0.159. The van der Waals surface area contributed by atoms with Gasteiger partial charge < -0.3 is 20.8 Å². The number of carbonyl (C=O) groups is 2. The first-order valence-corrected chi connectivity index (χ1v) is 4.55. The highest BCUT2D eigenvalue weighted by Gasteiger charge is 2.23. The van der Waals surface area contributed by atoms with Gasteiger partial charge in [0.15, 0.2) is 6.10 Å². The zero-order valence-corrected chi connectivity index (χ0v) is 7.69. The average Bonchev–Trinajstić information content (AvgIpc) is 2.87. The molecule has 0 bridgehead atoms. The molecular weight excluding hydrogens is 188 g/mol. The number of hydrogen-bond donors (Lipinski definition) is 4. The van der Waals surface area contributed by atoms with Crippen molar-refractivity contribution in [3.05, 3.63) is 0 Å². The Balaban J connectivity index is 2.01. The summed E-state index contributed by atoms with van der Waals surface area (Å²) in [5.41, 5.74) is 0. The van der Waals surface area contributed by atoms with Gasteiger partial charge >= 0.3 is 12.0 Å². The Morgan fingerprint density at radius 3 is 2.57 bits per heavy atom. The van der Waals surface area contributed by atoms with Crippen molar-refractivity contribution >= 4 is 12.0 Å². The maximum atomic E-state index is 11.0. The molecule has 0 aromatic carbocycles. The highest BCUT2D eigenvalue weighted by atomic mass is 16.4. The fourth-order valence-corrected chi connectivity index (χ4v) is 0.910. The van der Waals surface area contributed by atoms with E-state index < -0.39 is 12.1 Å². The van der Waals surface area contributed by atoms with Gasteiger partial charge in [-0.15, -0.1) is 0 Å². The molecule has 1 aliphatic rings. The van der Waals surface area contributed by atoms with Crippen LogP contribution in [0, 0.1) is 0 Å². The molecule has 1 saturated carbocycles. The van der Waals surface area contributed by atoms with Crippen molar-refractivity contribution in [1.82, 2.24) is 10.6 Å². The Hall–Kier alpha value is -1.30. The molecular formula is C8H14N2O4. The van der Waals surface area contributed by atoms with Crippen LogP contribution in [0.3, 0.4) is 0 Å². The lowest BCUT2D eigenvalue weighted by Gasteiger charge is -2.07. The lowest BCUT2D eigenvalue weighted by molar-refractivity contribution is -0.146. The molecule has 0 heterocycles. The monoisotopic (exact) mass is 202 g/mol. The van der Waals surface area contributed by atoms with Crippen molar-refractivity contribution in [3.8, 4) is 0 Å². The second-order valence-electron chi connectivity index (χ2n) is 3.32. The van der Waals surface area contributed by atoms with Crippen LogP contribution in [0.15, 0.2) is 0 Å². The predicted molar refractivity (Wildman–Crippen MR) is 47.8 cm³/mol. The number of hydrogen-bond acceptors (Lipinski definition) is 3. The highest BCUT2D eigenvalue weighted by Crippen LogP contribution is 2.18. The average molecular weight is 202 g/mol. The van der Waals surface area contributed by atoms with Crippen LogP contribution in [0.25, 0.3) is 0 Å². The van der Waals surface area contributed by atoms with E-state index in [4.69, 9.17) is 10.2 Å². The molecule has 1 fully saturated rings. The van der Waals surface area contributed by atoms with E-state index in [0.29, 0.717) is 0 Å². The minimum absolute atomic E-state index is 0.0212. The van der Waals surface area contributed by atoms with Crippen molar-refractivity contribution in [1.29, 1.82) is 0 Å². The number of carboxylic acids is 1. The van der Waals surface area contributed by atoms with E-state index in [1.807, 2.05) is 0 Å². The van der Waals surface area contributed by atoms with Gasteiger partial charge in [-0.3, -0.25) is 0 Å². The van der Waals surface area contributed by atoms with Gasteiger partial charge in [0.05, 0.1) is 0 Å². The Morgan fingerprint density at radius 2 is 2.07 bits per heavy atom. The second kappa shape index (κ2) is 4.80. The topological polar surface area (TPSA) is 98.7 Å². The van der Waals surface area contributed by atoms with Crippen LogP contribution in [0.5, 0.6) is 0 Å². The third-order valence-electron chi connectivity index (χ3n) is 1.90. The van der Waals surface area contributed by atoms with Crippen LogP contribution in [-0.2, 0) is 4.79 Å². The first-order chi connectivity index (χ1) is 6.59. The molecule has 0 aliphatic heterocycles. The van der Waals surface area contributed by atoms with E-state index in [-0.39, 0.29) is 25.0 Å². The summed E-state index contributed by atoms with van der Waals surface area (Å²) < 4.78 is 0. The number of aliphatic carboxylic acids is 1. The lowest BCUT2D eigenvalue weighted by atomic mass is 10.2. The molecule has 14 heavy (non-hydrogen) atoms. The zero-order chi connectivity index (χ0) is 10.6. The molecule has 2 amide bonds. The van der Waals surface area contributed by atoms with E-state index in [0.717, 1.165) is 12.8 Å². The van der Waals surface area contributed by atoms with E-state index in [1.54, 1.807) is 0 Å². The smallest absolute Gasteiger partial charge is 0.332 e. The normalized spacial score (nSPS) is 17.2. The van der Waals surface area contributed by atoms with E-state index in [1.165, 1.54) is 0 Å². The second-order valence-corrected chi connectivity index (χ2v) is 3.32. The molecule has 1 rings (SSSR count). The summed E-state index contributed by atoms with van der Waals surface area (Å²) in [5, 5.41) is 22.3. The molecule has 1 atom stereocenters. The maximum Gasteiger partial charge on any atom is 0.332 e. The quantitative estimate of drug-likeness (QED) is 0.473. The molecule has 0 radical (unpaired) electrons. The summed E-state index contributed by atoms with van der Waals surface area (Å²) in [4.78, 5) is 21.2. The van der Waals surface area contributed by atoms with Crippen LogP contribution < -0.4 is 10.6 Å². The Kier molecular flexibility index (Phi) is 3.70. The van der Waals surface area contributed by atoms with Crippen molar-refractivity contribution in [2.24, 2.45) is 0 Å². The molecule has 0 saturated heterocycles. The first kappa shape index (κ1) is 10.8. The van der Waals surface area contributed by atoms with Crippen LogP contribution in [-0.4, -0.2) is 40.9 Å². The summed E-state index contributed by atoms with van der Waals surface area (Å²) in [6, 6.07) is -0.0236. The Morgan fingerprint density at radius 1 is 1.43 bits per heavy atom. The third kappa shape index (κ3) is 4.08. The van der Waals surface area contributed by atoms with Crippen molar-refractivity contribution in [2.45, 2.75) is 31.4 Å². The Bertz CT molecular complexity index is 227. The highest BCUT2D eigenvalue weighted by molar-refractivity contribution is 5.75. The van der Waals surface area contributed by atoms with Gasteiger partial charge in [-0.2, -0.15) is 0 Å². The summed E-state index contributed by atoms with van der Waals surface area (Å²) >= 11 is 0. The van der Waals surface area contributed by atoms with Crippen LogP contribution in [0.2, 0.25) is 0 Å². The predicted octanol–water partition coefficient (Wildman–Crippen LogP) is -0.716. The minimum atomic E-state index is -1.41.